The molecule has 0 saturated heterocycles. The molecule has 5 nitrogen and oxygen atoms in total. The zero-order valence-electron chi connectivity index (χ0n) is 15.9. The maximum absolute atomic E-state index is 14.1. The summed E-state index contributed by atoms with van der Waals surface area (Å²) in [6.07, 6.45) is 0. The first-order valence-electron chi connectivity index (χ1n) is 8.62. The third kappa shape index (κ3) is 4.47. The van der Waals surface area contributed by atoms with Crippen LogP contribution >= 0.6 is 0 Å². The van der Waals surface area contributed by atoms with Gasteiger partial charge in [0, 0.05) is 31.4 Å². The van der Waals surface area contributed by atoms with Gasteiger partial charge in [-0.1, -0.05) is 24.3 Å². The second kappa shape index (κ2) is 7.95. The van der Waals surface area contributed by atoms with E-state index in [-0.39, 0.29) is 5.82 Å². The summed E-state index contributed by atoms with van der Waals surface area (Å²) < 4.78 is 14.1. The Balaban J connectivity index is 1.83. The van der Waals surface area contributed by atoms with E-state index < -0.39 is 0 Å². The highest BCUT2D eigenvalue weighted by Gasteiger charge is 2.08. The number of hydrogen-bond acceptors (Lipinski definition) is 5. The van der Waals surface area contributed by atoms with Gasteiger partial charge in [-0.15, -0.1) is 0 Å². The Hall–Kier alpha value is -3.28. The van der Waals surface area contributed by atoms with E-state index in [4.69, 9.17) is 0 Å². The fraction of sp³-hybridized carbons (Fsp3) is 0.190. The van der Waals surface area contributed by atoms with Crippen LogP contribution in [0.3, 0.4) is 0 Å². The molecule has 3 rings (SSSR count). The van der Waals surface area contributed by atoms with Crippen LogP contribution < -0.4 is 10.3 Å². The number of hydrazone groups is 1. The summed E-state index contributed by atoms with van der Waals surface area (Å²) in [5.74, 6) is 0.744. The minimum atomic E-state index is -0.317. The number of rotatable bonds is 5. The highest BCUT2D eigenvalue weighted by Crippen LogP contribution is 2.22. The Morgan fingerprint density at radius 2 is 1.74 bits per heavy atom. The number of nitrogens with zero attached hydrogens (tertiary/aromatic N) is 4. The number of aromatic nitrogens is 2. The van der Waals surface area contributed by atoms with Crippen molar-refractivity contribution in [2.24, 2.45) is 5.10 Å². The zero-order valence-corrected chi connectivity index (χ0v) is 15.9. The lowest BCUT2D eigenvalue weighted by molar-refractivity contribution is 0.630. The first kappa shape index (κ1) is 18.5. The normalized spacial score (nSPS) is 11.4. The molecule has 0 bridgehead atoms. The average molecular weight is 363 g/mol. The number of halogens is 1. The van der Waals surface area contributed by atoms with E-state index in [2.05, 4.69) is 20.5 Å². The van der Waals surface area contributed by atoms with E-state index in [1.807, 2.05) is 50.2 Å². The van der Waals surface area contributed by atoms with Gasteiger partial charge in [0.05, 0.1) is 11.4 Å². The Bertz CT molecular complexity index is 965. The summed E-state index contributed by atoms with van der Waals surface area (Å²) in [6.45, 7) is 3.69. The van der Waals surface area contributed by atoms with Crippen molar-refractivity contribution in [3.05, 3.63) is 71.8 Å². The molecule has 1 heterocycles. The van der Waals surface area contributed by atoms with Crippen LogP contribution in [0.25, 0.3) is 11.3 Å². The Morgan fingerprint density at radius 3 is 2.41 bits per heavy atom. The van der Waals surface area contributed by atoms with E-state index in [0.717, 1.165) is 17.0 Å². The molecule has 138 valence electrons. The lowest BCUT2D eigenvalue weighted by Gasteiger charge is -2.12. The summed E-state index contributed by atoms with van der Waals surface area (Å²) in [4.78, 5) is 10.7. The van der Waals surface area contributed by atoms with Gasteiger partial charge >= 0.3 is 0 Å². The van der Waals surface area contributed by atoms with Gasteiger partial charge in [-0.05, 0) is 43.7 Å². The van der Waals surface area contributed by atoms with Gasteiger partial charge in [-0.25, -0.2) is 14.4 Å². The van der Waals surface area contributed by atoms with Crippen molar-refractivity contribution in [1.29, 1.82) is 0 Å². The quantitative estimate of drug-likeness (QED) is 0.536. The molecular formula is C21H22FN5. The summed E-state index contributed by atoms with van der Waals surface area (Å²) in [6, 6.07) is 16.4. The Labute approximate surface area is 158 Å². The molecule has 0 fully saturated rings. The van der Waals surface area contributed by atoms with Crippen LogP contribution in [0.15, 0.2) is 59.7 Å². The molecule has 0 spiro atoms. The first-order valence-corrected chi connectivity index (χ1v) is 8.62. The molecule has 6 heteroatoms. The Morgan fingerprint density at radius 1 is 1.04 bits per heavy atom. The van der Waals surface area contributed by atoms with Crippen LogP contribution in [0.2, 0.25) is 0 Å². The largest absolute Gasteiger partial charge is 0.378 e. The van der Waals surface area contributed by atoms with Crippen LogP contribution in [0.5, 0.6) is 0 Å². The monoisotopic (exact) mass is 363 g/mol. The van der Waals surface area contributed by atoms with Crippen molar-refractivity contribution in [2.45, 2.75) is 13.8 Å². The van der Waals surface area contributed by atoms with E-state index in [1.165, 1.54) is 6.07 Å². The SMILES string of the molecule is C/C(=N\Nc1cc(-c2ccccc2F)nc(C)n1)c1ccc(N(C)C)cc1. The first-order chi connectivity index (χ1) is 12.9. The van der Waals surface area contributed by atoms with E-state index in [0.29, 0.717) is 22.9 Å². The number of nitrogens with one attached hydrogen (secondary N) is 1. The van der Waals surface area contributed by atoms with Gasteiger partial charge in [0.2, 0.25) is 0 Å². The van der Waals surface area contributed by atoms with Crippen LogP contribution in [-0.2, 0) is 0 Å². The molecular weight excluding hydrogens is 341 g/mol. The Kier molecular flexibility index (Phi) is 5.45. The molecule has 0 atom stereocenters. The fourth-order valence-corrected chi connectivity index (χ4v) is 2.64. The van der Waals surface area contributed by atoms with E-state index in [1.54, 1.807) is 31.2 Å². The van der Waals surface area contributed by atoms with Crippen molar-refractivity contribution >= 4 is 17.2 Å². The van der Waals surface area contributed by atoms with Crippen molar-refractivity contribution in [3.63, 3.8) is 0 Å². The molecule has 0 saturated carbocycles. The zero-order chi connectivity index (χ0) is 19.4. The third-order valence-electron chi connectivity index (χ3n) is 4.13. The number of benzene rings is 2. The molecule has 0 aliphatic heterocycles. The molecule has 1 N–H and O–H groups in total. The van der Waals surface area contributed by atoms with Crippen molar-refractivity contribution in [1.82, 2.24) is 9.97 Å². The molecule has 0 unspecified atom stereocenters. The number of anilines is 2. The second-order valence-corrected chi connectivity index (χ2v) is 6.42. The van der Waals surface area contributed by atoms with Crippen LogP contribution in [0.1, 0.15) is 18.3 Å². The maximum Gasteiger partial charge on any atom is 0.150 e. The third-order valence-corrected chi connectivity index (χ3v) is 4.13. The van der Waals surface area contributed by atoms with Gasteiger partial charge in [0.25, 0.3) is 0 Å². The predicted molar refractivity (Wildman–Crippen MR) is 109 cm³/mol. The molecule has 1 aromatic heterocycles. The van der Waals surface area contributed by atoms with Gasteiger partial charge in [-0.2, -0.15) is 5.10 Å². The lowest BCUT2D eigenvalue weighted by Crippen LogP contribution is -2.09. The van der Waals surface area contributed by atoms with E-state index in [9.17, 15) is 4.39 Å². The summed E-state index contributed by atoms with van der Waals surface area (Å²) in [5.41, 5.74) is 6.87. The topological polar surface area (TPSA) is 53.4 Å². The van der Waals surface area contributed by atoms with Gasteiger partial charge in [0.1, 0.15) is 11.6 Å². The lowest BCUT2D eigenvalue weighted by atomic mass is 10.1. The van der Waals surface area contributed by atoms with Crippen molar-refractivity contribution < 1.29 is 4.39 Å². The predicted octanol–water partition coefficient (Wildman–Crippen LogP) is 4.49. The minimum absolute atomic E-state index is 0.317. The van der Waals surface area contributed by atoms with Crippen molar-refractivity contribution in [2.75, 3.05) is 24.4 Å². The molecule has 0 aliphatic rings. The van der Waals surface area contributed by atoms with Crippen LogP contribution in [0.4, 0.5) is 15.9 Å². The minimum Gasteiger partial charge on any atom is -0.378 e. The molecule has 2 aromatic carbocycles. The smallest absolute Gasteiger partial charge is 0.150 e. The molecule has 27 heavy (non-hydrogen) atoms. The molecule has 3 aromatic rings. The number of hydrogen-bond donors (Lipinski definition) is 1. The summed E-state index contributed by atoms with van der Waals surface area (Å²) in [5, 5.41) is 4.41. The van der Waals surface area contributed by atoms with Gasteiger partial charge in [0.15, 0.2) is 5.82 Å². The molecule has 0 aliphatic carbocycles. The van der Waals surface area contributed by atoms with Crippen LogP contribution in [-0.4, -0.2) is 29.8 Å². The maximum atomic E-state index is 14.1. The molecule has 0 amide bonds. The van der Waals surface area contributed by atoms with Gasteiger partial charge in [-0.3, -0.25) is 5.43 Å². The summed E-state index contributed by atoms with van der Waals surface area (Å²) in [7, 11) is 4.00. The highest BCUT2D eigenvalue weighted by molar-refractivity contribution is 5.99. The van der Waals surface area contributed by atoms with Crippen molar-refractivity contribution in [3.8, 4) is 11.3 Å². The van der Waals surface area contributed by atoms with E-state index >= 15 is 0 Å². The standard InChI is InChI=1S/C21H22FN5/c1-14(16-9-11-17(12-10-16)27(3)4)25-26-21-13-20(23-15(2)24-21)18-7-5-6-8-19(18)22/h5-13H,1-4H3,(H,23,24,26)/b25-14+. The van der Waals surface area contributed by atoms with Crippen LogP contribution in [0, 0.1) is 12.7 Å². The summed E-state index contributed by atoms with van der Waals surface area (Å²) >= 11 is 0. The fourth-order valence-electron chi connectivity index (χ4n) is 2.64. The average Bonchev–Trinajstić information content (AvgIpc) is 2.66. The van der Waals surface area contributed by atoms with Gasteiger partial charge < -0.3 is 4.90 Å². The molecule has 0 radical (unpaired) electrons. The second-order valence-electron chi connectivity index (χ2n) is 6.42. The highest BCUT2D eigenvalue weighted by atomic mass is 19.1. The number of aryl methyl sites for hydroxylation is 1.